The Morgan fingerprint density at radius 1 is 1.08 bits per heavy atom. The number of unbranched alkanes of at least 4 members (excludes halogenated alkanes) is 2. The fourth-order valence-electron chi connectivity index (χ4n) is 1.05. The van der Waals surface area contributed by atoms with Crippen LogP contribution in [0.25, 0.3) is 6.08 Å². The number of benzene rings is 1. The maximum absolute atomic E-state index is 2.22. The predicted octanol–water partition coefficient (Wildman–Crippen LogP) is 3.70. The number of allylic oxidation sites excluding steroid dienone is 1. The van der Waals surface area contributed by atoms with E-state index in [1.807, 2.05) is 6.07 Å². The Labute approximate surface area is 74.9 Å². The summed E-state index contributed by atoms with van der Waals surface area (Å²) >= 11 is 0. The van der Waals surface area contributed by atoms with Gasteiger partial charge in [-0.1, -0.05) is 49.4 Å². The lowest BCUT2D eigenvalue weighted by Gasteiger charge is -1.91. The van der Waals surface area contributed by atoms with Gasteiger partial charge in [0.2, 0.25) is 0 Å². The van der Waals surface area contributed by atoms with Crippen LogP contribution in [0.5, 0.6) is 0 Å². The van der Waals surface area contributed by atoms with Crippen molar-refractivity contribution in [2.24, 2.45) is 0 Å². The molecule has 0 aliphatic carbocycles. The molecule has 0 aliphatic heterocycles. The molecule has 0 unspecified atom stereocenters. The molecule has 0 fully saturated rings. The molecule has 0 spiro atoms. The highest BCUT2D eigenvalue weighted by atomic mass is 13.9. The topological polar surface area (TPSA) is 0 Å². The van der Waals surface area contributed by atoms with Gasteiger partial charge in [-0.15, -0.1) is 0 Å². The van der Waals surface area contributed by atoms with E-state index in [4.69, 9.17) is 0 Å². The first-order valence-corrected chi connectivity index (χ1v) is 4.43. The molecule has 12 heavy (non-hydrogen) atoms. The summed E-state index contributed by atoms with van der Waals surface area (Å²) in [4.78, 5) is 0. The van der Waals surface area contributed by atoms with Crippen LogP contribution < -0.4 is 0 Å². The van der Waals surface area contributed by atoms with E-state index in [1.165, 1.54) is 12.0 Å². The van der Waals surface area contributed by atoms with Crippen molar-refractivity contribution in [3.8, 4) is 0 Å². The molecule has 0 aliphatic rings. The Morgan fingerprint density at radius 3 is 2.50 bits per heavy atom. The molecule has 1 radical (unpaired) electrons. The van der Waals surface area contributed by atoms with Crippen molar-refractivity contribution < 1.29 is 0 Å². The summed E-state index contributed by atoms with van der Waals surface area (Å²) in [7, 11) is 0. The molecule has 0 N–H and O–H groups in total. The summed E-state index contributed by atoms with van der Waals surface area (Å²) < 4.78 is 0. The van der Waals surface area contributed by atoms with Gasteiger partial charge in [0.25, 0.3) is 0 Å². The van der Waals surface area contributed by atoms with E-state index < -0.39 is 0 Å². The quantitative estimate of drug-likeness (QED) is 0.587. The second-order valence-electron chi connectivity index (χ2n) is 2.80. The van der Waals surface area contributed by atoms with Crippen molar-refractivity contribution >= 4 is 6.08 Å². The first kappa shape index (κ1) is 9.05. The van der Waals surface area contributed by atoms with Crippen LogP contribution in [0, 0.1) is 6.42 Å². The van der Waals surface area contributed by atoms with Crippen LogP contribution in [-0.4, -0.2) is 0 Å². The second kappa shape index (κ2) is 5.59. The highest BCUT2D eigenvalue weighted by Gasteiger charge is 1.82. The average Bonchev–Trinajstić information content (AvgIpc) is 2.14. The highest BCUT2D eigenvalue weighted by Crippen LogP contribution is 2.03. The molecule has 0 heterocycles. The molecule has 0 bridgehead atoms. The Hall–Kier alpha value is -1.04. The van der Waals surface area contributed by atoms with Gasteiger partial charge in [-0.3, -0.25) is 0 Å². The first-order chi connectivity index (χ1) is 5.93. The first-order valence-electron chi connectivity index (χ1n) is 4.43. The van der Waals surface area contributed by atoms with Gasteiger partial charge in [-0.2, -0.15) is 0 Å². The lowest BCUT2D eigenvalue weighted by Crippen LogP contribution is -1.70. The van der Waals surface area contributed by atoms with Crippen molar-refractivity contribution in [2.75, 3.05) is 0 Å². The summed E-state index contributed by atoms with van der Waals surface area (Å²) in [5.74, 6) is 0. The lowest BCUT2D eigenvalue weighted by atomic mass is 10.2. The van der Waals surface area contributed by atoms with Crippen molar-refractivity contribution in [1.82, 2.24) is 0 Å². The van der Waals surface area contributed by atoms with Crippen LogP contribution in [0.2, 0.25) is 0 Å². The maximum atomic E-state index is 2.22. The SMILES string of the molecule is C[CH]CCC=Cc1ccccc1. The second-order valence-corrected chi connectivity index (χ2v) is 2.80. The Kier molecular flexibility index (Phi) is 4.22. The number of hydrogen-bond donors (Lipinski definition) is 0. The maximum Gasteiger partial charge on any atom is -0.0260 e. The highest BCUT2D eigenvalue weighted by molar-refractivity contribution is 5.48. The third-order valence-electron chi connectivity index (χ3n) is 1.73. The van der Waals surface area contributed by atoms with E-state index in [2.05, 4.69) is 49.8 Å². The minimum atomic E-state index is 1.14. The van der Waals surface area contributed by atoms with E-state index >= 15 is 0 Å². The molecule has 0 nitrogen and oxygen atoms in total. The summed E-state index contributed by atoms with van der Waals surface area (Å²) in [6, 6.07) is 10.4. The van der Waals surface area contributed by atoms with Crippen molar-refractivity contribution in [3.05, 3.63) is 48.4 Å². The number of rotatable bonds is 4. The van der Waals surface area contributed by atoms with Gasteiger partial charge in [-0.05, 0) is 24.8 Å². The van der Waals surface area contributed by atoms with Gasteiger partial charge in [0.15, 0.2) is 0 Å². The minimum Gasteiger partial charge on any atom is -0.0839 e. The van der Waals surface area contributed by atoms with Gasteiger partial charge in [-0.25, -0.2) is 0 Å². The smallest absolute Gasteiger partial charge is 0.0260 e. The van der Waals surface area contributed by atoms with E-state index in [0.717, 1.165) is 6.42 Å². The van der Waals surface area contributed by atoms with Crippen LogP contribution in [-0.2, 0) is 0 Å². The van der Waals surface area contributed by atoms with Gasteiger partial charge in [0.05, 0.1) is 0 Å². The lowest BCUT2D eigenvalue weighted by molar-refractivity contribution is 0.977. The zero-order chi connectivity index (χ0) is 8.65. The Bertz CT molecular complexity index is 221. The zero-order valence-electron chi connectivity index (χ0n) is 7.53. The Morgan fingerprint density at radius 2 is 1.83 bits per heavy atom. The van der Waals surface area contributed by atoms with E-state index in [9.17, 15) is 0 Å². The van der Waals surface area contributed by atoms with Crippen LogP contribution in [0.4, 0.5) is 0 Å². The van der Waals surface area contributed by atoms with Crippen LogP contribution in [0.3, 0.4) is 0 Å². The molecule has 0 amide bonds. The number of hydrogen-bond acceptors (Lipinski definition) is 0. The van der Waals surface area contributed by atoms with Crippen molar-refractivity contribution in [3.63, 3.8) is 0 Å². The van der Waals surface area contributed by atoms with Gasteiger partial charge in [0.1, 0.15) is 0 Å². The monoisotopic (exact) mass is 159 g/mol. The van der Waals surface area contributed by atoms with E-state index in [-0.39, 0.29) is 0 Å². The Balaban J connectivity index is 2.36. The minimum absolute atomic E-state index is 1.14. The molecule has 63 valence electrons. The van der Waals surface area contributed by atoms with Crippen molar-refractivity contribution in [1.29, 1.82) is 0 Å². The molecule has 0 aromatic heterocycles. The summed E-state index contributed by atoms with van der Waals surface area (Å²) in [6.07, 6.45) is 8.89. The molecule has 1 aromatic rings. The fourth-order valence-corrected chi connectivity index (χ4v) is 1.05. The van der Waals surface area contributed by atoms with Crippen LogP contribution in [0.1, 0.15) is 25.3 Å². The van der Waals surface area contributed by atoms with Crippen LogP contribution in [0.15, 0.2) is 36.4 Å². The van der Waals surface area contributed by atoms with E-state index in [1.54, 1.807) is 0 Å². The summed E-state index contributed by atoms with van der Waals surface area (Å²) in [5, 5.41) is 0. The third-order valence-corrected chi connectivity index (χ3v) is 1.73. The molecular formula is C12H15. The normalized spacial score (nSPS) is 10.8. The predicted molar refractivity (Wildman–Crippen MR) is 54.7 cm³/mol. The van der Waals surface area contributed by atoms with Gasteiger partial charge in [0, 0.05) is 0 Å². The third kappa shape index (κ3) is 3.38. The molecule has 0 heteroatoms. The standard InChI is InChI=1S/C12H15/c1-2-3-4-6-9-12-10-7-5-8-11-12/h2,5-11H,3-4H2,1H3. The molecule has 1 rings (SSSR count). The summed E-state index contributed by atoms with van der Waals surface area (Å²) in [6.45, 7) is 2.09. The summed E-state index contributed by atoms with van der Waals surface area (Å²) in [5.41, 5.74) is 1.29. The van der Waals surface area contributed by atoms with Gasteiger partial charge >= 0.3 is 0 Å². The van der Waals surface area contributed by atoms with E-state index in [0.29, 0.717) is 0 Å². The van der Waals surface area contributed by atoms with Crippen molar-refractivity contribution in [2.45, 2.75) is 19.8 Å². The average molecular weight is 159 g/mol. The molecule has 1 aromatic carbocycles. The molecule has 0 saturated heterocycles. The molecule has 0 saturated carbocycles. The molecular weight excluding hydrogens is 144 g/mol. The largest absolute Gasteiger partial charge is 0.0839 e. The fraction of sp³-hybridized carbons (Fsp3) is 0.250. The molecule has 0 atom stereocenters. The zero-order valence-corrected chi connectivity index (χ0v) is 7.53. The van der Waals surface area contributed by atoms with Gasteiger partial charge < -0.3 is 0 Å². The van der Waals surface area contributed by atoms with Crippen LogP contribution >= 0.6 is 0 Å².